The van der Waals surface area contributed by atoms with E-state index >= 15 is 0 Å². The minimum absolute atomic E-state index is 0.0277. The van der Waals surface area contributed by atoms with Crippen molar-refractivity contribution in [1.29, 1.82) is 0 Å². The van der Waals surface area contributed by atoms with E-state index in [9.17, 15) is 9.18 Å². The summed E-state index contributed by atoms with van der Waals surface area (Å²) in [6, 6.07) is 7.13. The normalized spacial score (nSPS) is 26.5. The van der Waals surface area contributed by atoms with Crippen molar-refractivity contribution in [3.05, 3.63) is 53.6 Å². The first-order valence-corrected chi connectivity index (χ1v) is 10.7. The molecule has 1 aliphatic carbocycles. The van der Waals surface area contributed by atoms with Crippen molar-refractivity contribution in [1.82, 2.24) is 19.6 Å². The number of benzene rings is 1. The number of carbonyl (C=O) groups excluding carboxylic acids is 1. The number of halogens is 1. The molecule has 2 aromatic rings. The lowest BCUT2D eigenvalue weighted by Crippen LogP contribution is -2.40. The molecule has 2 fully saturated rings. The van der Waals surface area contributed by atoms with Gasteiger partial charge in [-0.3, -0.25) is 14.4 Å². The van der Waals surface area contributed by atoms with Crippen LogP contribution in [-0.4, -0.2) is 65.4 Å². The molecule has 4 rings (SSSR count). The molecule has 1 aliphatic heterocycles. The Morgan fingerprint density at radius 3 is 2.63 bits per heavy atom. The van der Waals surface area contributed by atoms with E-state index < -0.39 is 0 Å². The van der Waals surface area contributed by atoms with E-state index in [0.717, 1.165) is 37.1 Å². The lowest BCUT2D eigenvalue weighted by molar-refractivity contribution is -0.138. The van der Waals surface area contributed by atoms with Gasteiger partial charge in [-0.05, 0) is 43.2 Å². The Labute approximate surface area is 177 Å². The van der Waals surface area contributed by atoms with Gasteiger partial charge in [-0.1, -0.05) is 18.2 Å². The number of likely N-dealkylation sites (tertiary alicyclic amines) is 1. The predicted molar refractivity (Wildman–Crippen MR) is 112 cm³/mol. The lowest BCUT2D eigenvalue weighted by Gasteiger charge is -2.38. The summed E-state index contributed by atoms with van der Waals surface area (Å²) in [5.41, 5.74) is 1.87. The molecule has 0 bridgehead atoms. The molecular formula is C23H31FN4O2. The van der Waals surface area contributed by atoms with E-state index in [0.29, 0.717) is 18.4 Å². The first kappa shape index (κ1) is 21.0. The maximum Gasteiger partial charge on any atom is 0.248 e. The fourth-order valence-corrected chi connectivity index (χ4v) is 4.86. The van der Waals surface area contributed by atoms with E-state index in [1.807, 2.05) is 29.9 Å². The van der Waals surface area contributed by atoms with E-state index in [4.69, 9.17) is 4.74 Å². The van der Waals surface area contributed by atoms with Gasteiger partial charge >= 0.3 is 0 Å². The minimum atomic E-state index is -0.138. The number of nitrogens with zero attached hydrogens (tertiary/aromatic N) is 4. The summed E-state index contributed by atoms with van der Waals surface area (Å²) in [6.45, 7) is 4.65. The number of carbonyl (C=O) groups is 1. The molecule has 0 N–H and O–H groups in total. The third kappa shape index (κ3) is 4.57. The van der Waals surface area contributed by atoms with Gasteiger partial charge in [-0.15, -0.1) is 0 Å². The van der Waals surface area contributed by atoms with Crippen LogP contribution < -0.4 is 0 Å². The van der Waals surface area contributed by atoms with Crippen molar-refractivity contribution in [3.63, 3.8) is 0 Å². The topological polar surface area (TPSA) is 50.6 Å². The monoisotopic (exact) mass is 414 g/mol. The summed E-state index contributed by atoms with van der Waals surface area (Å²) < 4.78 is 22.3. The van der Waals surface area contributed by atoms with Gasteiger partial charge in [0.1, 0.15) is 12.4 Å². The Kier molecular flexibility index (Phi) is 6.20. The zero-order valence-corrected chi connectivity index (χ0v) is 18.0. The van der Waals surface area contributed by atoms with Crippen LogP contribution in [0.3, 0.4) is 0 Å². The predicted octanol–water partition coefficient (Wildman–Crippen LogP) is 2.89. The second-order valence-electron chi connectivity index (χ2n) is 8.98. The van der Waals surface area contributed by atoms with Gasteiger partial charge in [0.05, 0.1) is 18.3 Å². The Bertz CT molecular complexity index is 884. The van der Waals surface area contributed by atoms with Gasteiger partial charge < -0.3 is 9.64 Å². The van der Waals surface area contributed by atoms with Crippen molar-refractivity contribution in [2.24, 2.45) is 11.8 Å². The van der Waals surface area contributed by atoms with Crippen LogP contribution in [0.25, 0.3) is 0 Å². The van der Waals surface area contributed by atoms with Crippen LogP contribution in [0.15, 0.2) is 36.7 Å². The highest BCUT2D eigenvalue weighted by molar-refractivity contribution is 5.76. The first-order valence-electron chi connectivity index (χ1n) is 10.7. The SMILES string of the molecule is Cc1cnn([C@H]2C[C@H]3CN(Cc4ccccc4F)C[C@H]3C[C@@H]2OCC(=O)N(C)C)c1. The summed E-state index contributed by atoms with van der Waals surface area (Å²) >= 11 is 0. The highest BCUT2D eigenvalue weighted by Gasteiger charge is 2.43. The number of hydrogen-bond donors (Lipinski definition) is 0. The van der Waals surface area contributed by atoms with Crippen molar-refractivity contribution in [2.75, 3.05) is 33.8 Å². The molecule has 0 radical (unpaired) electrons. The van der Waals surface area contributed by atoms with E-state index in [1.54, 1.807) is 25.1 Å². The summed E-state index contributed by atoms with van der Waals surface area (Å²) in [5, 5.41) is 4.54. The second kappa shape index (κ2) is 8.86. The molecule has 2 heterocycles. The molecule has 1 saturated carbocycles. The Morgan fingerprint density at radius 1 is 1.23 bits per heavy atom. The zero-order valence-electron chi connectivity index (χ0n) is 18.0. The third-order valence-corrected chi connectivity index (χ3v) is 6.50. The van der Waals surface area contributed by atoms with Crippen molar-refractivity contribution < 1.29 is 13.9 Å². The van der Waals surface area contributed by atoms with E-state index in [-0.39, 0.29) is 30.5 Å². The molecule has 6 nitrogen and oxygen atoms in total. The Morgan fingerprint density at radius 2 is 1.97 bits per heavy atom. The van der Waals surface area contributed by atoms with Crippen LogP contribution in [0.1, 0.15) is 30.0 Å². The van der Waals surface area contributed by atoms with Crippen LogP contribution >= 0.6 is 0 Å². The quantitative estimate of drug-likeness (QED) is 0.729. The maximum atomic E-state index is 14.1. The van der Waals surface area contributed by atoms with Crippen LogP contribution in [0.4, 0.5) is 4.39 Å². The fraction of sp³-hybridized carbons (Fsp3) is 0.565. The summed E-state index contributed by atoms with van der Waals surface area (Å²) in [6.07, 6.45) is 5.72. The number of aromatic nitrogens is 2. The molecule has 2 aliphatic rings. The number of fused-ring (bicyclic) bond motifs is 1. The lowest BCUT2D eigenvalue weighted by atomic mass is 9.77. The van der Waals surface area contributed by atoms with Gasteiger partial charge in [0, 0.05) is 45.5 Å². The van der Waals surface area contributed by atoms with Gasteiger partial charge in [-0.2, -0.15) is 5.10 Å². The average molecular weight is 415 g/mol. The number of rotatable bonds is 6. The fourth-order valence-electron chi connectivity index (χ4n) is 4.86. The Balaban J connectivity index is 1.46. The number of amides is 1. The molecule has 0 spiro atoms. The van der Waals surface area contributed by atoms with Gasteiger partial charge in [-0.25, -0.2) is 4.39 Å². The van der Waals surface area contributed by atoms with E-state index in [2.05, 4.69) is 16.2 Å². The third-order valence-electron chi connectivity index (χ3n) is 6.50. The van der Waals surface area contributed by atoms with Crippen LogP contribution in [0, 0.1) is 24.6 Å². The second-order valence-corrected chi connectivity index (χ2v) is 8.98. The summed E-state index contributed by atoms with van der Waals surface area (Å²) in [5.74, 6) is 0.848. The number of hydrogen-bond acceptors (Lipinski definition) is 4. The molecule has 162 valence electrons. The van der Waals surface area contributed by atoms with Crippen molar-refractivity contribution >= 4 is 5.91 Å². The average Bonchev–Trinajstić information content (AvgIpc) is 3.32. The number of aryl methyl sites for hydroxylation is 1. The molecule has 30 heavy (non-hydrogen) atoms. The molecule has 1 saturated heterocycles. The molecular weight excluding hydrogens is 383 g/mol. The summed E-state index contributed by atoms with van der Waals surface area (Å²) in [4.78, 5) is 16.0. The largest absolute Gasteiger partial charge is 0.366 e. The number of likely N-dealkylation sites (N-methyl/N-ethyl adjacent to an activating group) is 1. The molecule has 1 aromatic carbocycles. The number of ether oxygens (including phenoxy) is 1. The molecule has 1 aromatic heterocycles. The highest BCUT2D eigenvalue weighted by Crippen LogP contribution is 2.42. The molecule has 7 heteroatoms. The van der Waals surface area contributed by atoms with Gasteiger partial charge in [0.2, 0.25) is 5.91 Å². The smallest absolute Gasteiger partial charge is 0.248 e. The van der Waals surface area contributed by atoms with Crippen molar-refractivity contribution in [3.8, 4) is 0 Å². The first-order chi connectivity index (χ1) is 14.4. The van der Waals surface area contributed by atoms with Gasteiger partial charge in [0.15, 0.2) is 0 Å². The molecule has 1 amide bonds. The van der Waals surface area contributed by atoms with Crippen LogP contribution in [0.5, 0.6) is 0 Å². The highest BCUT2D eigenvalue weighted by atomic mass is 19.1. The minimum Gasteiger partial charge on any atom is -0.366 e. The zero-order chi connectivity index (χ0) is 21.3. The Hall–Kier alpha value is -2.25. The maximum absolute atomic E-state index is 14.1. The summed E-state index contributed by atoms with van der Waals surface area (Å²) in [7, 11) is 3.49. The van der Waals surface area contributed by atoms with Crippen LogP contribution in [-0.2, 0) is 16.1 Å². The van der Waals surface area contributed by atoms with Crippen LogP contribution in [0.2, 0.25) is 0 Å². The molecule has 0 unspecified atom stereocenters. The van der Waals surface area contributed by atoms with E-state index in [1.165, 1.54) is 6.07 Å². The van der Waals surface area contributed by atoms with Gasteiger partial charge in [0.25, 0.3) is 0 Å². The molecule has 4 atom stereocenters. The van der Waals surface area contributed by atoms with Crippen molar-refractivity contribution in [2.45, 2.75) is 38.5 Å². The standard InChI is InChI=1S/C23H31FN4O2/c1-16-10-25-28(11-16)21-8-18-13-27(12-17-6-4-5-7-20(17)24)14-19(18)9-22(21)30-15-23(29)26(2)3/h4-7,10-11,18-19,21-22H,8-9,12-15H2,1-3H3/t18-,19+,21-,22-/m0/s1.